The van der Waals surface area contributed by atoms with Crippen LogP contribution in [0.5, 0.6) is 0 Å². The average Bonchev–Trinajstić information content (AvgIpc) is 2.36. The topological polar surface area (TPSA) is 0 Å². The minimum atomic E-state index is 0.995. The standard InChI is InChI=1S/C14H26.C2H6/c1-11-8-9-14(10-12(11)2)13-6-4-3-5-7-13;1-2/h11-14H,3-10H2,1-2H3;1-2H3. The lowest BCUT2D eigenvalue weighted by Crippen LogP contribution is -2.27. The van der Waals surface area contributed by atoms with Gasteiger partial charge in [0.25, 0.3) is 0 Å². The van der Waals surface area contributed by atoms with Crippen LogP contribution in [-0.2, 0) is 0 Å². The highest BCUT2D eigenvalue weighted by atomic mass is 14.4. The normalized spacial score (nSPS) is 36.4. The van der Waals surface area contributed by atoms with Crippen molar-refractivity contribution in [2.45, 2.75) is 79.1 Å². The van der Waals surface area contributed by atoms with Gasteiger partial charge in [-0.1, -0.05) is 66.2 Å². The molecule has 0 saturated heterocycles. The lowest BCUT2D eigenvalue weighted by Gasteiger charge is -2.38. The van der Waals surface area contributed by atoms with Gasteiger partial charge < -0.3 is 0 Å². The van der Waals surface area contributed by atoms with E-state index in [0.29, 0.717) is 0 Å². The molecule has 96 valence electrons. The maximum Gasteiger partial charge on any atom is -0.0383 e. The largest absolute Gasteiger partial charge is 0.0683 e. The molecule has 0 radical (unpaired) electrons. The minimum Gasteiger partial charge on any atom is -0.0683 e. The third kappa shape index (κ3) is 3.79. The van der Waals surface area contributed by atoms with Gasteiger partial charge in [-0.2, -0.15) is 0 Å². The van der Waals surface area contributed by atoms with Crippen LogP contribution in [0.25, 0.3) is 0 Å². The molecule has 0 amide bonds. The molecule has 0 spiro atoms. The van der Waals surface area contributed by atoms with Crippen LogP contribution in [0.1, 0.15) is 79.1 Å². The maximum atomic E-state index is 2.47. The second-order valence-corrected chi connectivity index (χ2v) is 5.93. The van der Waals surface area contributed by atoms with Crippen molar-refractivity contribution in [1.29, 1.82) is 0 Å². The molecule has 2 fully saturated rings. The van der Waals surface area contributed by atoms with Gasteiger partial charge >= 0.3 is 0 Å². The van der Waals surface area contributed by atoms with E-state index in [9.17, 15) is 0 Å². The van der Waals surface area contributed by atoms with Gasteiger partial charge in [-0.3, -0.25) is 0 Å². The Bertz CT molecular complexity index is 167. The van der Waals surface area contributed by atoms with Gasteiger partial charge in [0, 0.05) is 0 Å². The first-order chi connectivity index (χ1) is 7.77. The summed E-state index contributed by atoms with van der Waals surface area (Å²) in [6, 6.07) is 0. The first-order valence-electron chi connectivity index (χ1n) is 7.77. The van der Waals surface area contributed by atoms with Crippen LogP contribution in [0.4, 0.5) is 0 Å². The highest BCUT2D eigenvalue weighted by Crippen LogP contribution is 2.41. The van der Waals surface area contributed by atoms with Crippen molar-refractivity contribution in [3.8, 4) is 0 Å². The molecule has 2 aliphatic rings. The molecule has 3 unspecified atom stereocenters. The van der Waals surface area contributed by atoms with Gasteiger partial charge in [-0.05, 0) is 36.5 Å². The second-order valence-electron chi connectivity index (χ2n) is 5.93. The molecule has 16 heavy (non-hydrogen) atoms. The van der Waals surface area contributed by atoms with E-state index >= 15 is 0 Å². The van der Waals surface area contributed by atoms with Crippen molar-refractivity contribution in [3.63, 3.8) is 0 Å². The highest BCUT2D eigenvalue weighted by Gasteiger charge is 2.30. The van der Waals surface area contributed by atoms with E-state index in [1.165, 1.54) is 38.5 Å². The molecule has 3 atom stereocenters. The van der Waals surface area contributed by atoms with Crippen LogP contribution in [0.2, 0.25) is 0 Å². The second kappa shape index (κ2) is 7.35. The molecule has 2 rings (SSSR count). The predicted octanol–water partition coefficient (Wildman–Crippen LogP) is 5.67. The van der Waals surface area contributed by atoms with Gasteiger partial charge in [-0.15, -0.1) is 0 Å². The quantitative estimate of drug-likeness (QED) is 0.538. The van der Waals surface area contributed by atoms with Crippen molar-refractivity contribution in [2.24, 2.45) is 23.7 Å². The van der Waals surface area contributed by atoms with Crippen molar-refractivity contribution >= 4 is 0 Å². The van der Waals surface area contributed by atoms with Gasteiger partial charge in [-0.25, -0.2) is 0 Å². The zero-order valence-corrected chi connectivity index (χ0v) is 12.0. The Balaban J connectivity index is 0.000000606. The SMILES string of the molecule is CC.CC1CCC(C2CCCCC2)CC1C. The number of rotatable bonds is 1. The molecule has 0 aromatic heterocycles. The van der Waals surface area contributed by atoms with E-state index in [4.69, 9.17) is 0 Å². The summed E-state index contributed by atoms with van der Waals surface area (Å²) in [5, 5.41) is 0. The molecule has 0 aromatic rings. The van der Waals surface area contributed by atoms with Gasteiger partial charge in [0.1, 0.15) is 0 Å². The van der Waals surface area contributed by atoms with Crippen LogP contribution < -0.4 is 0 Å². The van der Waals surface area contributed by atoms with Crippen LogP contribution >= 0.6 is 0 Å². The zero-order valence-electron chi connectivity index (χ0n) is 12.0. The summed E-state index contributed by atoms with van der Waals surface area (Å²) in [7, 11) is 0. The van der Waals surface area contributed by atoms with E-state index in [2.05, 4.69) is 13.8 Å². The van der Waals surface area contributed by atoms with Gasteiger partial charge in [0.2, 0.25) is 0 Å². The molecule has 0 bridgehead atoms. The first-order valence-corrected chi connectivity index (χ1v) is 7.77. The Hall–Kier alpha value is 0. The summed E-state index contributed by atoms with van der Waals surface area (Å²) >= 11 is 0. The molecule has 2 aliphatic carbocycles. The van der Waals surface area contributed by atoms with E-state index in [-0.39, 0.29) is 0 Å². The summed E-state index contributed by atoms with van der Waals surface area (Å²) in [6.07, 6.45) is 12.2. The minimum absolute atomic E-state index is 0.995. The molecule has 0 heterocycles. The van der Waals surface area contributed by atoms with E-state index in [0.717, 1.165) is 23.7 Å². The Morgan fingerprint density at radius 1 is 0.625 bits per heavy atom. The molecular formula is C16H32. The lowest BCUT2D eigenvalue weighted by molar-refractivity contribution is 0.131. The third-order valence-corrected chi connectivity index (χ3v) is 4.96. The van der Waals surface area contributed by atoms with Crippen molar-refractivity contribution in [1.82, 2.24) is 0 Å². The van der Waals surface area contributed by atoms with Crippen molar-refractivity contribution in [2.75, 3.05) is 0 Å². The van der Waals surface area contributed by atoms with Crippen LogP contribution in [0.3, 0.4) is 0 Å². The Labute approximate surface area is 103 Å². The molecule has 0 N–H and O–H groups in total. The molecule has 0 heteroatoms. The molecular weight excluding hydrogens is 192 g/mol. The summed E-state index contributed by atoms with van der Waals surface area (Å²) < 4.78 is 0. The predicted molar refractivity (Wildman–Crippen MR) is 73.6 cm³/mol. The summed E-state index contributed by atoms with van der Waals surface area (Å²) in [6.45, 7) is 8.92. The van der Waals surface area contributed by atoms with Crippen LogP contribution in [-0.4, -0.2) is 0 Å². The fourth-order valence-corrected chi connectivity index (χ4v) is 3.62. The number of hydrogen-bond donors (Lipinski definition) is 0. The monoisotopic (exact) mass is 224 g/mol. The molecule has 0 nitrogen and oxygen atoms in total. The van der Waals surface area contributed by atoms with E-state index < -0.39 is 0 Å². The molecule has 0 aromatic carbocycles. The highest BCUT2D eigenvalue weighted by molar-refractivity contribution is 4.81. The van der Waals surface area contributed by atoms with Gasteiger partial charge in [0.15, 0.2) is 0 Å². The van der Waals surface area contributed by atoms with E-state index in [1.54, 1.807) is 12.8 Å². The van der Waals surface area contributed by atoms with E-state index in [1.807, 2.05) is 13.8 Å². The summed E-state index contributed by atoms with van der Waals surface area (Å²) in [5.74, 6) is 4.20. The van der Waals surface area contributed by atoms with Crippen molar-refractivity contribution < 1.29 is 0 Å². The number of hydrogen-bond acceptors (Lipinski definition) is 0. The summed E-state index contributed by atoms with van der Waals surface area (Å²) in [5.41, 5.74) is 0. The Kier molecular flexibility index (Phi) is 6.46. The average molecular weight is 224 g/mol. The van der Waals surface area contributed by atoms with Crippen LogP contribution in [0, 0.1) is 23.7 Å². The molecule has 0 aliphatic heterocycles. The summed E-state index contributed by atoms with van der Waals surface area (Å²) in [4.78, 5) is 0. The smallest absolute Gasteiger partial charge is 0.0383 e. The Morgan fingerprint density at radius 2 is 1.25 bits per heavy atom. The maximum absolute atomic E-state index is 2.47. The zero-order chi connectivity index (χ0) is 12.0. The third-order valence-electron chi connectivity index (χ3n) is 4.96. The van der Waals surface area contributed by atoms with Gasteiger partial charge in [0.05, 0.1) is 0 Å². The fourth-order valence-electron chi connectivity index (χ4n) is 3.62. The lowest BCUT2D eigenvalue weighted by atomic mass is 9.68. The first kappa shape index (κ1) is 14.1. The molecule has 2 saturated carbocycles. The fraction of sp³-hybridized carbons (Fsp3) is 1.00. The van der Waals surface area contributed by atoms with Crippen LogP contribution in [0.15, 0.2) is 0 Å². The van der Waals surface area contributed by atoms with Crippen molar-refractivity contribution in [3.05, 3.63) is 0 Å². The Morgan fingerprint density at radius 3 is 1.81 bits per heavy atom.